The fraction of sp³-hybridized carbons (Fsp3) is 0.769. The maximum atomic E-state index is 4.02. The fourth-order valence-electron chi connectivity index (χ4n) is 1.91. The number of aromatic amines is 1. The highest BCUT2D eigenvalue weighted by atomic mass is 15.1. The van der Waals surface area contributed by atoms with E-state index in [1.54, 1.807) is 0 Å². The molecule has 0 amide bonds. The summed E-state index contributed by atoms with van der Waals surface area (Å²) < 4.78 is 0. The third kappa shape index (κ3) is 4.35. The van der Waals surface area contributed by atoms with Gasteiger partial charge < -0.3 is 5.32 Å². The number of hydrogen-bond acceptors (Lipinski definition) is 2. The Hall–Kier alpha value is -0.830. The summed E-state index contributed by atoms with van der Waals surface area (Å²) in [5, 5.41) is 10.5. The lowest BCUT2D eigenvalue weighted by atomic mass is 9.99. The summed E-state index contributed by atoms with van der Waals surface area (Å²) in [5.41, 5.74) is 2.46. The van der Waals surface area contributed by atoms with Crippen molar-refractivity contribution in [1.82, 2.24) is 15.5 Å². The predicted molar refractivity (Wildman–Crippen MR) is 68.3 cm³/mol. The molecule has 2 N–H and O–H groups in total. The summed E-state index contributed by atoms with van der Waals surface area (Å²) in [4.78, 5) is 0. The third-order valence-corrected chi connectivity index (χ3v) is 3.23. The molecular formula is C13H25N3. The zero-order valence-electron chi connectivity index (χ0n) is 10.8. The number of H-pyrrole nitrogens is 1. The Balaban J connectivity index is 2.20. The van der Waals surface area contributed by atoms with Crippen molar-refractivity contribution in [2.45, 2.75) is 53.0 Å². The maximum Gasteiger partial charge on any atom is 0.0535 e. The second kappa shape index (κ2) is 7.44. The van der Waals surface area contributed by atoms with Gasteiger partial charge in [-0.2, -0.15) is 5.10 Å². The van der Waals surface area contributed by atoms with Gasteiger partial charge in [0.2, 0.25) is 0 Å². The molecule has 1 aromatic rings. The first-order valence-electron chi connectivity index (χ1n) is 6.47. The molecule has 16 heavy (non-hydrogen) atoms. The Kier molecular flexibility index (Phi) is 6.16. The normalized spacial score (nSPS) is 12.9. The summed E-state index contributed by atoms with van der Waals surface area (Å²) >= 11 is 0. The van der Waals surface area contributed by atoms with E-state index in [4.69, 9.17) is 0 Å². The molecule has 0 aromatic carbocycles. The van der Waals surface area contributed by atoms with E-state index in [9.17, 15) is 0 Å². The van der Waals surface area contributed by atoms with Crippen LogP contribution in [0.15, 0.2) is 6.20 Å². The summed E-state index contributed by atoms with van der Waals surface area (Å²) in [6.07, 6.45) is 7.19. The number of hydrogen-bond donors (Lipinski definition) is 2. The molecule has 3 heteroatoms. The van der Waals surface area contributed by atoms with Gasteiger partial charge in [0.25, 0.3) is 0 Å². The summed E-state index contributed by atoms with van der Waals surface area (Å²) in [6, 6.07) is 0. The van der Waals surface area contributed by atoms with Gasteiger partial charge in [0.05, 0.1) is 6.20 Å². The van der Waals surface area contributed by atoms with Gasteiger partial charge >= 0.3 is 0 Å². The van der Waals surface area contributed by atoms with Crippen LogP contribution in [-0.2, 0) is 6.54 Å². The predicted octanol–water partition coefficient (Wildman–Crippen LogP) is 3.02. The molecule has 0 bridgehead atoms. The summed E-state index contributed by atoms with van der Waals surface area (Å²) in [7, 11) is 0. The third-order valence-electron chi connectivity index (χ3n) is 3.23. The van der Waals surface area contributed by atoms with Crippen molar-refractivity contribution >= 4 is 0 Å². The molecule has 1 aromatic heterocycles. The molecule has 0 saturated carbocycles. The van der Waals surface area contributed by atoms with Crippen LogP contribution in [0.5, 0.6) is 0 Å². The van der Waals surface area contributed by atoms with Crippen molar-refractivity contribution < 1.29 is 0 Å². The number of aromatic nitrogens is 2. The van der Waals surface area contributed by atoms with Crippen molar-refractivity contribution in [3.05, 3.63) is 17.5 Å². The van der Waals surface area contributed by atoms with Crippen LogP contribution in [0.25, 0.3) is 0 Å². The van der Waals surface area contributed by atoms with Crippen molar-refractivity contribution in [3.8, 4) is 0 Å². The molecule has 1 atom stereocenters. The van der Waals surface area contributed by atoms with Gasteiger partial charge in [0.1, 0.15) is 0 Å². The molecule has 1 rings (SSSR count). The van der Waals surface area contributed by atoms with E-state index >= 15 is 0 Å². The van der Waals surface area contributed by atoms with Gasteiger partial charge in [0, 0.05) is 17.8 Å². The lowest BCUT2D eigenvalue weighted by Crippen LogP contribution is -2.22. The van der Waals surface area contributed by atoms with Crippen LogP contribution in [0.1, 0.15) is 50.8 Å². The number of aryl methyl sites for hydroxylation is 1. The standard InChI is InChI=1S/C13H25N3/c1-4-6-7-12(5-2)8-14-9-13-10-15-16-11(13)3/h10,12,14H,4-9H2,1-3H3,(H,15,16). The smallest absolute Gasteiger partial charge is 0.0535 e. The van der Waals surface area contributed by atoms with Crippen LogP contribution < -0.4 is 5.32 Å². The van der Waals surface area contributed by atoms with Crippen molar-refractivity contribution in [2.75, 3.05) is 6.54 Å². The molecule has 92 valence electrons. The first kappa shape index (κ1) is 13.2. The Bertz CT molecular complexity index is 280. The van der Waals surface area contributed by atoms with E-state index in [2.05, 4.69) is 36.3 Å². The van der Waals surface area contributed by atoms with Crippen molar-refractivity contribution in [1.29, 1.82) is 0 Å². The molecule has 0 aliphatic rings. The molecule has 0 radical (unpaired) electrons. The molecule has 0 fully saturated rings. The van der Waals surface area contributed by atoms with Crippen LogP contribution in [-0.4, -0.2) is 16.7 Å². The van der Waals surface area contributed by atoms with Gasteiger partial charge in [-0.25, -0.2) is 0 Å². The van der Waals surface area contributed by atoms with E-state index in [0.29, 0.717) is 0 Å². The molecule has 0 aliphatic heterocycles. The second-order valence-corrected chi connectivity index (χ2v) is 4.57. The largest absolute Gasteiger partial charge is 0.312 e. The summed E-state index contributed by atoms with van der Waals surface area (Å²) in [6.45, 7) is 8.67. The molecule has 0 spiro atoms. The van der Waals surface area contributed by atoms with Gasteiger partial charge in [-0.1, -0.05) is 33.1 Å². The molecule has 1 unspecified atom stereocenters. The summed E-state index contributed by atoms with van der Waals surface area (Å²) in [5.74, 6) is 0.826. The Labute approximate surface area is 99.0 Å². The van der Waals surface area contributed by atoms with Crippen LogP contribution in [0, 0.1) is 12.8 Å². The minimum absolute atomic E-state index is 0.826. The quantitative estimate of drug-likeness (QED) is 0.711. The maximum absolute atomic E-state index is 4.02. The van der Waals surface area contributed by atoms with E-state index < -0.39 is 0 Å². The Morgan fingerprint density at radius 1 is 1.44 bits per heavy atom. The first-order chi connectivity index (χ1) is 7.77. The number of rotatable bonds is 8. The Morgan fingerprint density at radius 2 is 2.25 bits per heavy atom. The minimum Gasteiger partial charge on any atom is -0.312 e. The van der Waals surface area contributed by atoms with E-state index in [1.807, 2.05) is 6.20 Å². The average molecular weight is 223 g/mol. The topological polar surface area (TPSA) is 40.7 Å². The zero-order chi connectivity index (χ0) is 11.8. The monoisotopic (exact) mass is 223 g/mol. The highest BCUT2D eigenvalue weighted by Gasteiger charge is 2.06. The number of nitrogens with one attached hydrogen (secondary N) is 2. The SMILES string of the molecule is CCCCC(CC)CNCc1cn[nH]c1C. The zero-order valence-corrected chi connectivity index (χ0v) is 10.8. The first-order valence-corrected chi connectivity index (χ1v) is 6.47. The van der Waals surface area contributed by atoms with Crippen LogP contribution >= 0.6 is 0 Å². The highest BCUT2D eigenvalue weighted by Crippen LogP contribution is 2.11. The van der Waals surface area contributed by atoms with Gasteiger partial charge in [-0.3, -0.25) is 5.10 Å². The molecular weight excluding hydrogens is 198 g/mol. The van der Waals surface area contributed by atoms with Crippen LogP contribution in [0.4, 0.5) is 0 Å². The average Bonchev–Trinajstić information content (AvgIpc) is 2.69. The Morgan fingerprint density at radius 3 is 2.81 bits per heavy atom. The second-order valence-electron chi connectivity index (χ2n) is 4.57. The molecule has 1 heterocycles. The van der Waals surface area contributed by atoms with E-state index in [1.165, 1.54) is 36.9 Å². The van der Waals surface area contributed by atoms with Crippen molar-refractivity contribution in [3.63, 3.8) is 0 Å². The highest BCUT2D eigenvalue weighted by molar-refractivity contribution is 5.13. The van der Waals surface area contributed by atoms with Crippen LogP contribution in [0.2, 0.25) is 0 Å². The fourth-order valence-corrected chi connectivity index (χ4v) is 1.91. The minimum atomic E-state index is 0.826. The number of nitrogens with zero attached hydrogens (tertiary/aromatic N) is 1. The van der Waals surface area contributed by atoms with Gasteiger partial charge in [0.15, 0.2) is 0 Å². The van der Waals surface area contributed by atoms with Crippen molar-refractivity contribution in [2.24, 2.45) is 5.92 Å². The molecule has 3 nitrogen and oxygen atoms in total. The van der Waals surface area contributed by atoms with Crippen LogP contribution in [0.3, 0.4) is 0 Å². The molecule has 0 aliphatic carbocycles. The van der Waals surface area contributed by atoms with E-state index in [0.717, 1.165) is 19.0 Å². The molecule has 0 saturated heterocycles. The van der Waals surface area contributed by atoms with Gasteiger partial charge in [-0.15, -0.1) is 0 Å². The van der Waals surface area contributed by atoms with Gasteiger partial charge in [-0.05, 0) is 25.8 Å². The van der Waals surface area contributed by atoms with E-state index in [-0.39, 0.29) is 0 Å². The lowest BCUT2D eigenvalue weighted by Gasteiger charge is -2.15. The lowest BCUT2D eigenvalue weighted by molar-refractivity contribution is 0.419. The number of unbranched alkanes of at least 4 members (excludes halogenated alkanes) is 1.